The van der Waals surface area contributed by atoms with Crippen LogP contribution in [0, 0.1) is 12.8 Å². The van der Waals surface area contributed by atoms with Gasteiger partial charge in [-0.1, -0.05) is 17.7 Å². The van der Waals surface area contributed by atoms with Crippen LogP contribution in [0.5, 0.6) is 5.75 Å². The SMILES string of the molecule is CCOC(=O)C1CCCN(C(=O)C(C)Oc2ccc(C)cc2)C1. The molecule has 1 aliphatic heterocycles. The lowest BCUT2D eigenvalue weighted by molar-refractivity contribution is -0.152. The van der Waals surface area contributed by atoms with E-state index in [4.69, 9.17) is 9.47 Å². The lowest BCUT2D eigenvalue weighted by Crippen LogP contribution is -2.47. The first-order valence-electron chi connectivity index (χ1n) is 8.20. The van der Waals surface area contributed by atoms with Crippen molar-refractivity contribution in [3.8, 4) is 5.75 Å². The maximum absolute atomic E-state index is 12.5. The quantitative estimate of drug-likeness (QED) is 0.783. The summed E-state index contributed by atoms with van der Waals surface area (Å²) < 4.78 is 10.8. The van der Waals surface area contributed by atoms with E-state index >= 15 is 0 Å². The van der Waals surface area contributed by atoms with Gasteiger partial charge < -0.3 is 14.4 Å². The van der Waals surface area contributed by atoms with Crippen LogP contribution in [0.2, 0.25) is 0 Å². The topological polar surface area (TPSA) is 55.8 Å². The second kappa shape index (κ2) is 7.99. The van der Waals surface area contributed by atoms with Crippen LogP contribution in [-0.4, -0.2) is 42.6 Å². The van der Waals surface area contributed by atoms with Crippen LogP contribution in [-0.2, 0) is 14.3 Å². The number of benzene rings is 1. The molecule has 23 heavy (non-hydrogen) atoms. The van der Waals surface area contributed by atoms with E-state index < -0.39 is 6.10 Å². The molecular weight excluding hydrogens is 294 g/mol. The van der Waals surface area contributed by atoms with E-state index in [0.717, 1.165) is 18.4 Å². The van der Waals surface area contributed by atoms with E-state index in [2.05, 4.69) is 0 Å². The molecule has 5 nitrogen and oxygen atoms in total. The number of aryl methyl sites for hydroxylation is 1. The lowest BCUT2D eigenvalue weighted by atomic mass is 9.98. The van der Waals surface area contributed by atoms with Gasteiger partial charge in [0.1, 0.15) is 5.75 Å². The summed E-state index contributed by atoms with van der Waals surface area (Å²) in [6.45, 7) is 6.99. The van der Waals surface area contributed by atoms with Gasteiger partial charge in [-0.2, -0.15) is 0 Å². The number of carbonyl (C=O) groups excluding carboxylic acids is 2. The zero-order valence-corrected chi connectivity index (χ0v) is 14.1. The van der Waals surface area contributed by atoms with Crippen LogP contribution < -0.4 is 4.74 Å². The number of likely N-dealkylation sites (tertiary alicyclic amines) is 1. The summed E-state index contributed by atoms with van der Waals surface area (Å²) in [6.07, 6.45) is 1.01. The molecule has 1 aliphatic rings. The van der Waals surface area contributed by atoms with Crippen molar-refractivity contribution in [3.05, 3.63) is 29.8 Å². The first kappa shape index (κ1) is 17.3. The Bertz CT molecular complexity index is 540. The number of hydrogen-bond donors (Lipinski definition) is 0. The highest BCUT2D eigenvalue weighted by Crippen LogP contribution is 2.20. The normalized spacial score (nSPS) is 19.1. The second-order valence-electron chi connectivity index (χ2n) is 5.95. The van der Waals surface area contributed by atoms with Crippen molar-refractivity contribution in [2.45, 2.75) is 39.7 Å². The Morgan fingerprint density at radius 3 is 2.65 bits per heavy atom. The van der Waals surface area contributed by atoms with Gasteiger partial charge in [0.05, 0.1) is 12.5 Å². The van der Waals surface area contributed by atoms with Gasteiger partial charge in [0.15, 0.2) is 6.10 Å². The fraction of sp³-hybridized carbons (Fsp3) is 0.556. The fourth-order valence-corrected chi connectivity index (χ4v) is 2.76. The molecule has 2 rings (SSSR count). The van der Waals surface area contributed by atoms with Crippen molar-refractivity contribution in [2.75, 3.05) is 19.7 Å². The largest absolute Gasteiger partial charge is 0.481 e. The minimum Gasteiger partial charge on any atom is -0.481 e. The molecule has 126 valence electrons. The summed E-state index contributed by atoms with van der Waals surface area (Å²) >= 11 is 0. The summed E-state index contributed by atoms with van der Waals surface area (Å²) in [5, 5.41) is 0. The van der Waals surface area contributed by atoms with Crippen LogP contribution in [0.3, 0.4) is 0 Å². The number of rotatable bonds is 5. The van der Waals surface area contributed by atoms with E-state index in [0.29, 0.717) is 25.4 Å². The van der Waals surface area contributed by atoms with Crippen LogP contribution in [0.1, 0.15) is 32.3 Å². The highest BCUT2D eigenvalue weighted by molar-refractivity contribution is 5.82. The third-order valence-corrected chi connectivity index (χ3v) is 4.03. The number of hydrogen-bond acceptors (Lipinski definition) is 4. The van der Waals surface area contributed by atoms with E-state index in [1.807, 2.05) is 31.2 Å². The maximum Gasteiger partial charge on any atom is 0.310 e. The molecule has 0 aliphatic carbocycles. The molecule has 0 spiro atoms. The molecule has 2 unspecified atom stereocenters. The number of piperidine rings is 1. The summed E-state index contributed by atoms with van der Waals surface area (Å²) in [5.74, 6) is 0.159. The Hall–Kier alpha value is -2.04. The highest BCUT2D eigenvalue weighted by Gasteiger charge is 2.31. The molecule has 1 saturated heterocycles. The van der Waals surface area contributed by atoms with Gasteiger partial charge in [-0.3, -0.25) is 9.59 Å². The van der Waals surface area contributed by atoms with Gasteiger partial charge in [0.2, 0.25) is 0 Å². The molecule has 0 N–H and O–H groups in total. The molecule has 1 amide bonds. The number of esters is 1. The molecule has 5 heteroatoms. The Morgan fingerprint density at radius 1 is 1.30 bits per heavy atom. The smallest absolute Gasteiger partial charge is 0.310 e. The zero-order chi connectivity index (χ0) is 16.8. The standard InChI is InChI=1S/C18H25NO4/c1-4-22-18(21)15-6-5-11-19(12-15)17(20)14(3)23-16-9-7-13(2)8-10-16/h7-10,14-15H,4-6,11-12H2,1-3H3. The number of amides is 1. The summed E-state index contributed by atoms with van der Waals surface area (Å²) in [7, 11) is 0. The fourth-order valence-electron chi connectivity index (χ4n) is 2.76. The molecule has 0 bridgehead atoms. The van der Waals surface area contributed by atoms with Gasteiger partial charge in [0, 0.05) is 13.1 Å². The molecule has 0 radical (unpaired) electrons. The number of carbonyl (C=O) groups is 2. The molecule has 1 aromatic carbocycles. The molecule has 1 fully saturated rings. The minimum atomic E-state index is -0.571. The third kappa shape index (κ3) is 4.71. The van der Waals surface area contributed by atoms with E-state index in [9.17, 15) is 9.59 Å². The zero-order valence-electron chi connectivity index (χ0n) is 14.1. The van der Waals surface area contributed by atoms with Gasteiger partial charge >= 0.3 is 5.97 Å². The maximum atomic E-state index is 12.5. The summed E-state index contributed by atoms with van der Waals surface area (Å²) in [5.41, 5.74) is 1.14. The van der Waals surface area contributed by atoms with Crippen molar-refractivity contribution in [3.63, 3.8) is 0 Å². The molecule has 0 saturated carbocycles. The molecule has 1 aromatic rings. The van der Waals surface area contributed by atoms with Gasteiger partial charge in [-0.15, -0.1) is 0 Å². The Balaban J connectivity index is 1.93. The van der Waals surface area contributed by atoms with Gasteiger partial charge in [-0.25, -0.2) is 0 Å². The van der Waals surface area contributed by atoms with Crippen molar-refractivity contribution < 1.29 is 19.1 Å². The lowest BCUT2D eigenvalue weighted by Gasteiger charge is -2.33. The molecule has 0 aromatic heterocycles. The van der Waals surface area contributed by atoms with Crippen molar-refractivity contribution in [2.24, 2.45) is 5.92 Å². The predicted octanol–water partition coefficient (Wildman–Crippen LogP) is 2.56. The van der Waals surface area contributed by atoms with Crippen molar-refractivity contribution in [1.82, 2.24) is 4.90 Å². The summed E-state index contributed by atoms with van der Waals surface area (Å²) in [6, 6.07) is 7.61. The van der Waals surface area contributed by atoms with Crippen LogP contribution >= 0.6 is 0 Å². The Labute approximate surface area is 137 Å². The molecular formula is C18H25NO4. The van der Waals surface area contributed by atoms with E-state index in [1.165, 1.54) is 0 Å². The van der Waals surface area contributed by atoms with E-state index in [-0.39, 0.29) is 17.8 Å². The van der Waals surface area contributed by atoms with Crippen LogP contribution in [0.25, 0.3) is 0 Å². The Morgan fingerprint density at radius 2 is 2.00 bits per heavy atom. The van der Waals surface area contributed by atoms with Crippen LogP contribution in [0.4, 0.5) is 0 Å². The van der Waals surface area contributed by atoms with Gasteiger partial charge in [0.25, 0.3) is 5.91 Å². The average Bonchev–Trinajstić information content (AvgIpc) is 2.56. The molecule has 2 atom stereocenters. The second-order valence-corrected chi connectivity index (χ2v) is 5.95. The monoisotopic (exact) mass is 319 g/mol. The van der Waals surface area contributed by atoms with Gasteiger partial charge in [-0.05, 0) is 45.7 Å². The Kier molecular flexibility index (Phi) is 6.02. The summed E-state index contributed by atoms with van der Waals surface area (Å²) in [4.78, 5) is 26.1. The van der Waals surface area contributed by atoms with E-state index in [1.54, 1.807) is 18.7 Å². The molecule has 1 heterocycles. The van der Waals surface area contributed by atoms with Crippen LogP contribution in [0.15, 0.2) is 24.3 Å². The average molecular weight is 319 g/mol. The first-order chi connectivity index (χ1) is 11.0. The minimum absolute atomic E-state index is 0.0837. The van der Waals surface area contributed by atoms with Crippen molar-refractivity contribution in [1.29, 1.82) is 0 Å². The third-order valence-electron chi connectivity index (χ3n) is 4.03. The number of ether oxygens (including phenoxy) is 2. The number of nitrogens with zero attached hydrogens (tertiary/aromatic N) is 1. The first-order valence-corrected chi connectivity index (χ1v) is 8.20. The van der Waals surface area contributed by atoms with Crippen molar-refractivity contribution >= 4 is 11.9 Å². The highest BCUT2D eigenvalue weighted by atomic mass is 16.5. The predicted molar refractivity (Wildman–Crippen MR) is 87.2 cm³/mol.